The van der Waals surface area contributed by atoms with Crippen molar-refractivity contribution in [3.8, 4) is 22.6 Å². The fraction of sp³-hybridized carbons (Fsp3) is 0.192. The summed E-state index contributed by atoms with van der Waals surface area (Å²) in [5.41, 5.74) is 4.37. The minimum absolute atomic E-state index is 0.00924. The first-order chi connectivity index (χ1) is 17.4. The van der Waals surface area contributed by atoms with Crippen LogP contribution in [0.25, 0.3) is 28.3 Å². The van der Waals surface area contributed by atoms with Gasteiger partial charge in [0.1, 0.15) is 11.5 Å². The Kier molecular flexibility index (Phi) is 5.37. The maximum atomic E-state index is 13.6. The molecule has 5 heterocycles. The fourth-order valence-electron chi connectivity index (χ4n) is 4.54. The molecule has 1 saturated heterocycles. The minimum Gasteiger partial charge on any atom is -0.323 e. The van der Waals surface area contributed by atoms with Gasteiger partial charge in [-0.2, -0.15) is 9.49 Å². The summed E-state index contributed by atoms with van der Waals surface area (Å²) in [6.45, 7) is 1.78. The molecular formula is C26H21F2N7O. The summed E-state index contributed by atoms with van der Waals surface area (Å²) in [6, 6.07) is 12.8. The number of halogens is 2. The topological polar surface area (TPSA) is 81.2 Å². The van der Waals surface area contributed by atoms with Gasteiger partial charge in [0, 0.05) is 36.5 Å². The van der Waals surface area contributed by atoms with Gasteiger partial charge in [0.15, 0.2) is 11.4 Å². The molecule has 4 aromatic heterocycles. The number of aromatic nitrogens is 6. The maximum Gasteiger partial charge on any atom is 0.213 e. The van der Waals surface area contributed by atoms with E-state index < -0.39 is 5.95 Å². The first-order valence-electron chi connectivity index (χ1n) is 11.5. The largest absolute Gasteiger partial charge is 0.323 e. The lowest BCUT2D eigenvalue weighted by atomic mass is 10.1. The van der Waals surface area contributed by atoms with E-state index in [2.05, 4.69) is 31.5 Å². The molecule has 0 atom stereocenters. The number of hydrogen-bond acceptors (Lipinski definition) is 6. The lowest BCUT2D eigenvalue weighted by Crippen LogP contribution is -2.44. The van der Waals surface area contributed by atoms with Crippen LogP contribution in [0.2, 0.25) is 0 Å². The van der Waals surface area contributed by atoms with E-state index in [9.17, 15) is 13.6 Å². The molecule has 8 nitrogen and oxygen atoms in total. The van der Waals surface area contributed by atoms with E-state index in [4.69, 9.17) is 5.10 Å². The molecule has 180 valence electrons. The number of Topliss-reactive ketones (excluding diaryl/α,β-unsaturated/α-hetero) is 1. The lowest BCUT2D eigenvalue weighted by molar-refractivity contribution is 0.0991. The molecule has 1 aromatic carbocycles. The molecule has 0 N–H and O–H groups in total. The average molecular weight is 485 g/mol. The molecule has 0 radical (unpaired) electrons. The Labute approximate surface area is 204 Å². The van der Waals surface area contributed by atoms with E-state index in [-0.39, 0.29) is 29.6 Å². The van der Waals surface area contributed by atoms with Crippen LogP contribution in [0.15, 0.2) is 67.3 Å². The number of likely N-dealkylation sites (N-methyl/N-ethyl adjacent to an activating group) is 1. The van der Waals surface area contributed by atoms with Gasteiger partial charge in [-0.1, -0.05) is 0 Å². The summed E-state index contributed by atoms with van der Waals surface area (Å²) in [5.74, 6) is -1.27. The maximum absolute atomic E-state index is 13.6. The van der Waals surface area contributed by atoms with Crippen LogP contribution in [-0.4, -0.2) is 60.0 Å². The van der Waals surface area contributed by atoms with Crippen molar-refractivity contribution in [2.24, 2.45) is 0 Å². The lowest BCUT2D eigenvalue weighted by Gasteiger charge is -2.37. The smallest absolute Gasteiger partial charge is 0.213 e. The van der Waals surface area contributed by atoms with Crippen LogP contribution in [-0.2, 0) is 6.42 Å². The van der Waals surface area contributed by atoms with Crippen molar-refractivity contribution in [2.75, 3.05) is 20.1 Å². The molecule has 0 bridgehead atoms. The molecule has 0 saturated carbocycles. The standard InChI is InChI=1S/C26H21F2N7O/c1-33-13-20(14-33)34-15-30-25(16-2-4-18(27)5-3-16)26(34)21-6-7-24-31-19(12-35(24)32-21)11-22(36)17-8-9-29-23(28)10-17/h2-10,12,15,20H,11,13-14H2,1H3. The van der Waals surface area contributed by atoms with E-state index >= 15 is 0 Å². The van der Waals surface area contributed by atoms with Gasteiger partial charge in [-0.3, -0.25) is 4.79 Å². The van der Waals surface area contributed by atoms with E-state index in [1.165, 1.54) is 24.4 Å². The quantitative estimate of drug-likeness (QED) is 0.269. The number of rotatable bonds is 6. The third-order valence-corrected chi connectivity index (χ3v) is 6.35. The number of ketones is 1. The second-order valence-electron chi connectivity index (χ2n) is 8.95. The van der Waals surface area contributed by atoms with E-state index in [0.29, 0.717) is 22.7 Å². The summed E-state index contributed by atoms with van der Waals surface area (Å²) in [7, 11) is 2.06. The van der Waals surface area contributed by atoms with Gasteiger partial charge < -0.3 is 9.47 Å². The summed E-state index contributed by atoms with van der Waals surface area (Å²) in [5, 5.41) is 4.78. The predicted octanol–water partition coefficient (Wildman–Crippen LogP) is 3.84. The highest BCUT2D eigenvalue weighted by Gasteiger charge is 2.29. The predicted molar refractivity (Wildman–Crippen MR) is 128 cm³/mol. The van der Waals surface area contributed by atoms with Crippen LogP contribution in [0.3, 0.4) is 0 Å². The Balaban J connectivity index is 1.37. The third kappa shape index (κ3) is 4.05. The molecule has 1 aliphatic heterocycles. The van der Waals surface area contributed by atoms with Gasteiger partial charge in [0.05, 0.1) is 42.1 Å². The highest BCUT2D eigenvalue weighted by Crippen LogP contribution is 2.34. The molecule has 0 amide bonds. The first kappa shape index (κ1) is 22.2. The number of nitrogens with zero attached hydrogens (tertiary/aromatic N) is 7. The molecule has 5 aromatic rings. The number of fused-ring (bicyclic) bond motifs is 1. The summed E-state index contributed by atoms with van der Waals surface area (Å²) < 4.78 is 30.7. The summed E-state index contributed by atoms with van der Waals surface area (Å²) in [6.07, 6.45) is 4.78. The second kappa shape index (κ2) is 8.72. The number of carbonyl (C=O) groups is 1. The monoisotopic (exact) mass is 485 g/mol. The van der Waals surface area contributed by atoms with Crippen molar-refractivity contribution in [3.63, 3.8) is 0 Å². The number of imidazole rings is 2. The van der Waals surface area contributed by atoms with Gasteiger partial charge in [-0.25, -0.2) is 23.9 Å². The Hall–Kier alpha value is -4.31. The zero-order valence-electron chi connectivity index (χ0n) is 19.3. The van der Waals surface area contributed by atoms with Crippen molar-refractivity contribution in [1.82, 2.24) is 34.0 Å². The zero-order valence-corrected chi connectivity index (χ0v) is 19.3. The van der Waals surface area contributed by atoms with Crippen molar-refractivity contribution in [2.45, 2.75) is 12.5 Å². The minimum atomic E-state index is -0.701. The molecule has 36 heavy (non-hydrogen) atoms. The molecule has 0 unspecified atom stereocenters. The van der Waals surface area contributed by atoms with E-state index in [1.807, 2.05) is 18.5 Å². The van der Waals surface area contributed by atoms with E-state index in [0.717, 1.165) is 30.4 Å². The van der Waals surface area contributed by atoms with Gasteiger partial charge in [0.2, 0.25) is 5.95 Å². The SMILES string of the molecule is CN1CC(n2cnc(-c3ccc(F)cc3)c2-c2ccc3nc(CC(=O)c4ccnc(F)c4)cn3n2)C1. The van der Waals surface area contributed by atoms with Crippen molar-refractivity contribution < 1.29 is 13.6 Å². The Morgan fingerprint density at radius 1 is 1.06 bits per heavy atom. The second-order valence-corrected chi connectivity index (χ2v) is 8.95. The molecule has 0 aliphatic carbocycles. The first-order valence-corrected chi connectivity index (χ1v) is 11.5. The summed E-state index contributed by atoms with van der Waals surface area (Å²) in [4.78, 5) is 27.5. The van der Waals surface area contributed by atoms with Gasteiger partial charge >= 0.3 is 0 Å². The highest BCUT2D eigenvalue weighted by atomic mass is 19.1. The van der Waals surface area contributed by atoms with Crippen LogP contribution in [0.5, 0.6) is 0 Å². The number of pyridine rings is 1. The van der Waals surface area contributed by atoms with Crippen LogP contribution >= 0.6 is 0 Å². The van der Waals surface area contributed by atoms with Crippen LogP contribution in [0.1, 0.15) is 22.1 Å². The number of hydrogen-bond donors (Lipinski definition) is 0. The summed E-state index contributed by atoms with van der Waals surface area (Å²) >= 11 is 0. The fourth-order valence-corrected chi connectivity index (χ4v) is 4.54. The van der Waals surface area contributed by atoms with Crippen molar-refractivity contribution >= 4 is 11.4 Å². The zero-order chi connectivity index (χ0) is 24.8. The van der Waals surface area contributed by atoms with Gasteiger partial charge in [-0.15, -0.1) is 0 Å². The molecular weight excluding hydrogens is 464 g/mol. The molecule has 10 heteroatoms. The Morgan fingerprint density at radius 2 is 1.86 bits per heavy atom. The number of benzene rings is 1. The van der Waals surface area contributed by atoms with E-state index in [1.54, 1.807) is 22.8 Å². The van der Waals surface area contributed by atoms with Crippen LogP contribution < -0.4 is 0 Å². The Bertz CT molecular complexity index is 1590. The number of likely N-dealkylation sites (tertiary alicyclic amines) is 1. The number of carbonyl (C=O) groups excluding carboxylic acids is 1. The van der Waals surface area contributed by atoms with Crippen LogP contribution in [0, 0.1) is 11.8 Å². The van der Waals surface area contributed by atoms with Gasteiger partial charge in [0.25, 0.3) is 0 Å². The van der Waals surface area contributed by atoms with Crippen molar-refractivity contribution in [3.05, 3.63) is 90.3 Å². The Morgan fingerprint density at radius 3 is 2.61 bits per heavy atom. The van der Waals surface area contributed by atoms with Crippen LogP contribution in [0.4, 0.5) is 8.78 Å². The normalized spacial score (nSPS) is 14.3. The molecule has 1 fully saturated rings. The molecule has 1 aliphatic rings. The molecule has 0 spiro atoms. The van der Waals surface area contributed by atoms with Gasteiger partial charge in [-0.05, 0) is 49.5 Å². The highest BCUT2D eigenvalue weighted by molar-refractivity contribution is 5.97. The third-order valence-electron chi connectivity index (χ3n) is 6.35. The molecule has 6 rings (SSSR count). The average Bonchev–Trinajstić information content (AvgIpc) is 3.45. The van der Waals surface area contributed by atoms with Crippen molar-refractivity contribution in [1.29, 1.82) is 0 Å².